The Hall–Kier alpha value is -2.45. The fraction of sp³-hybridized carbons (Fsp3) is 0.400. The van der Waals surface area contributed by atoms with Crippen molar-refractivity contribution >= 4 is 27.5 Å². The van der Waals surface area contributed by atoms with Crippen molar-refractivity contribution in [1.82, 2.24) is 14.6 Å². The highest BCUT2D eigenvalue weighted by Gasteiger charge is 2.43. The van der Waals surface area contributed by atoms with Gasteiger partial charge < -0.3 is 15.0 Å². The van der Waals surface area contributed by atoms with Crippen LogP contribution in [-0.4, -0.2) is 48.4 Å². The van der Waals surface area contributed by atoms with Gasteiger partial charge in [0.25, 0.3) is 15.9 Å². The Morgan fingerprint density at radius 2 is 2.10 bits per heavy atom. The second-order valence-electron chi connectivity index (χ2n) is 8.35. The summed E-state index contributed by atoms with van der Waals surface area (Å²) in [6, 6.07) is 4.97. The van der Waals surface area contributed by atoms with Crippen LogP contribution in [0.3, 0.4) is 0 Å². The van der Waals surface area contributed by atoms with Crippen LogP contribution >= 0.6 is 11.6 Å². The molecule has 31 heavy (non-hydrogen) atoms. The Labute approximate surface area is 183 Å². The number of aliphatic hydroxyl groups excluding tert-OH is 1. The predicted octanol–water partition coefficient (Wildman–Crippen LogP) is 2.04. The molecule has 2 atom stereocenters. The molecule has 1 amide bonds. The zero-order valence-corrected chi connectivity index (χ0v) is 18.3. The molecule has 1 fully saturated rings. The molecular formula is C20H20ClFN4O4S. The third-order valence-corrected chi connectivity index (χ3v) is 7.48. The number of carbonyl (C=O) groups is 1. The molecule has 1 saturated heterocycles. The van der Waals surface area contributed by atoms with E-state index in [2.05, 4.69) is 15.8 Å². The number of nitrogens with one attached hydrogen (secondary N) is 2. The molecule has 1 aliphatic carbocycles. The minimum Gasteiger partial charge on any atom is -0.387 e. The lowest BCUT2D eigenvalue weighted by Crippen LogP contribution is -2.56. The normalized spacial score (nSPS) is 22.0. The van der Waals surface area contributed by atoms with Crippen molar-refractivity contribution in [2.75, 3.05) is 13.1 Å². The molecule has 0 bridgehead atoms. The number of halogens is 2. The summed E-state index contributed by atoms with van der Waals surface area (Å²) in [5, 5.41) is 19.2. The molecule has 8 nitrogen and oxygen atoms in total. The zero-order chi connectivity index (χ0) is 22.7. The van der Waals surface area contributed by atoms with Gasteiger partial charge in [0.15, 0.2) is 0 Å². The molecule has 1 aromatic heterocycles. The minimum absolute atomic E-state index is 0.0931. The van der Waals surface area contributed by atoms with Gasteiger partial charge in [0.05, 0.1) is 34.2 Å². The fourth-order valence-electron chi connectivity index (χ4n) is 4.07. The predicted molar refractivity (Wildman–Crippen MR) is 109 cm³/mol. The molecule has 0 spiro atoms. The summed E-state index contributed by atoms with van der Waals surface area (Å²) in [5.41, 5.74) is 0.825. The summed E-state index contributed by atoms with van der Waals surface area (Å²) in [4.78, 5) is 16.9. The third-order valence-electron chi connectivity index (χ3n) is 5.78. The highest BCUT2D eigenvalue weighted by Crippen LogP contribution is 2.35. The van der Waals surface area contributed by atoms with E-state index in [1.807, 2.05) is 0 Å². The SMILES string of the molecule is Cc1[nH]c(S(=O)(=O)N[C@@H]2Cc3cc(F)c(Cl)cc3[C@H]2O)cc1C(=O)N1CC(C)(C#N)C1. The van der Waals surface area contributed by atoms with Crippen LogP contribution in [0, 0.1) is 29.5 Å². The Morgan fingerprint density at radius 3 is 2.74 bits per heavy atom. The molecule has 1 aliphatic heterocycles. The van der Waals surface area contributed by atoms with Gasteiger partial charge in [0.2, 0.25) is 0 Å². The molecule has 0 saturated carbocycles. The van der Waals surface area contributed by atoms with E-state index in [4.69, 9.17) is 16.9 Å². The summed E-state index contributed by atoms with van der Waals surface area (Å²) >= 11 is 5.77. The number of rotatable bonds is 4. The van der Waals surface area contributed by atoms with Gasteiger partial charge in [0, 0.05) is 18.8 Å². The lowest BCUT2D eigenvalue weighted by atomic mass is 9.83. The van der Waals surface area contributed by atoms with Crippen LogP contribution in [0.1, 0.15) is 40.2 Å². The topological polar surface area (TPSA) is 126 Å². The van der Waals surface area contributed by atoms with E-state index in [1.165, 1.54) is 23.1 Å². The standard InChI is InChI=1S/C20H20ClFN4O4S/c1-10-12(19(28)26-8-20(2,7-23)9-26)6-17(24-10)31(29,30)25-16-4-11-3-15(22)14(21)5-13(11)18(16)27/h3,5-6,16,18,24-25,27H,4,8-9H2,1-2H3/t16-,18-/m1/s1. The van der Waals surface area contributed by atoms with Crippen molar-refractivity contribution in [1.29, 1.82) is 5.26 Å². The molecule has 2 heterocycles. The van der Waals surface area contributed by atoms with Crippen molar-refractivity contribution in [3.8, 4) is 6.07 Å². The number of hydrogen-bond acceptors (Lipinski definition) is 5. The molecule has 2 aliphatic rings. The molecule has 11 heteroatoms. The van der Waals surface area contributed by atoms with Crippen molar-refractivity contribution in [2.45, 2.75) is 37.4 Å². The molecule has 1 aromatic carbocycles. The van der Waals surface area contributed by atoms with Crippen molar-refractivity contribution in [3.05, 3.63) is 51.4 Å². The van der Waals surface area contributed by atoms with E-state index >= 15 is 0 Å². The first-order chi connectivity index (χ1) is 14.4. The Kier molecular flexibility index (Phi) is 5.13. The number of nitriles is 1. The summed E-state index contributed by atoms with van der Waals surface area (Å²) in [7, 11) is -4.11. The van der Waals surface area contributed by atoms with Crippen LogP contribution in [0.4, 0.5) is 4.39 Å². The first kappa shape index (κ1) is 21.8. The van der Waals surface area contributed by atoms with Gasteiger partial charge in [-0.3, -0.25) is 4.79 Å². The maximum Gasteiger partial charge on any atom is 0.256 e. The van der Waals surface area contributed by atoms with Crippen molar-refractivity contribution in [3.63, 3.8) is 0 Å². The van der Waals surface area contributed by atoms with Gasteiger partial charge in [-0.1, -0.05) is 11.6 Å². The molecule has 2 aromatic rings. The van der Waals surface area contributed by atoms with Crippen LogP contribution in [0.5, 0.6) is 0 Å². The number of hydrogen-bond donors (Lipinski definition) is 3. The number of sulfonamides is 1. The first-order valence-corrected chi connectivity index (χ1v) is 11.4. The summed E-state index contributed by atoms with van der Waals surface area (Å²) in [5.74, 6) is -1.00. The monoisotopic (exact) mass is 466 g/mol. The lowest BCUT2D eigenvalue weighted by Gasteiger charge is -2.43. The van der Waals surface area contributed by atoms with Crippen LogP contribution in [0.2, 0.25) is 5.02 Å². The van der Waals surface area contributed by atoms with E-state index in [9.17, 15) is 22.7 Å². The number of aromatic amines is 1. The number of aromatic nitrogens is 1. The second kappa shape index (κ2) is 7.31. The number of carbonyl (C=O) groups excluding carboxylic acids is 1. The van der Waals surface area contributed by atoms with Crippen LogP contribution < -0.4 is 4.72 Å². The number of H-pyrrole nitrogens is 1. The summed E-state index contributed by atoms with van der Waals surface area (Å²) in [6.45, 7) is 3.89. The van der Waals surface area contributed by atoms with Gasteiger partial charge in [-0.05, 0) is 49.6 Å². The number of fused-ring (bicyclic) bond motifs is 1. The first-order valence-electron chi connectivity index (χ1n) is 9.52. The van der Waals surface area contributed by atoms with Crippen LogP contribution in [0.15, 0.2) is 23.2 Å². The highest BCUT2D eigenvalue weighted by atomic mass is 35.5. The van der Waals surface area contributed by atoms with Gasteiger partial charge >= 0.3 is 0 Å². The number of aliphatic hydroxyl groups is 1. The molecule has 3 N–H and O–H groups in total. The number of amides is 1. The second-order valence-corrected chi connectivity index (χ2v) is 10.4. The molecule has 4 rings (SSSR count). The van der Waals surface area contributed by atoms with Crippen molar-refractivity contribution < 1.29 is 22.7 Å². The highest BCUT2D eigenvalue weighted by molar-refractivity contribution is 7.89. The van der Waals surface area contributed by atoms with E-state index < -0.39 is 33.4 Å². The Balaban J connectivity index is 1.52. The van der Waals surface area contributed by atoms with Crippen LogP contribution in [0.25, 0.3) is 0 Å². The quantitative estimate of drug-likeness (QED) is 0.635. The van der Waals surface area contributed by atoms with E-state index in [1.54, 1.807) is 13.8 Å². The Bertz CT molecular complexity index is 1230. The number of nitrogens with zero attached hydrogens (tertiary/aromatic N) is 2. The van der Waals surface area contributed by atoms with E-state index in [-0.39, 0.29) is 41.0 Å². The smallest absolute Gasteiger partial charge is 0.256 e. The lowest BCUT2D eigenvalue weighted by molar-refractivity contribution is 0.0368. The molecule has 164 valence electrons. The van der Waals surface area contributed by atoms with E-state index in [0.717, 1.165) is 0 Å². The van der Waals surface area contributed by atoms with Crippen LogP contribution in [-0.2, 0) is 16.4 Å². The van der Waals surface area contributed by atoms with Gasteiger partial charge in [0.1, 0.15) is 10.8 Å². The zero-order valence-electron chi connectivity index (χ0n) is 16.7. The summed E-state index contributed by atoms with van der Waals surface area (Å²) in [6.07, 6.45) is -1.10. The maximum atomic E-state index is 13.7. The van der Waals surface area contributed by atoms with Gasteiger partial charge in [-0.25, -0.2) is 17.5 Å². The largest absolute Gasteiger partial charge is 0.387 e. The third kappa shape index (κ3) is 3.72. The number of aryl methyl sites for hydroxylation is 1. The van der Waals surface area contributed by atoms with E-state index in [0.29, 0.717) is 16.8 Å². The summed E-state index contributed by atoms with van der Waals surface area (Å²) < 4.78 is 41.9. The maximum absolute atomic E-state index is 13.7. The average molecular weight is 467 g/mol. The van der Waals surface area contributed by atoms with Crippen molar-refractivity contribution in [2.24, 2.45) is 5.41 Å². The number of benzene rings is 1. The number of likely N-dealkylation sites (tertiary alicyclic amines) is 1. The Morgan fingerprint density at radius 1 is 1.42 bits per heavy atom. The molecular weight excluding hydrogens is 447 g/mol. The van der Waals surface area contributed by atoms with Gasteiger partial charge in [-0.15, -0.1) is 0 Å². The fourth-order valence-corrected chi connectivity index (χ4v) is 5.54. The van der Waals surface area contributed by atoms with Gasteiger partial charge in [-0.2, -0.15) is 5.26 Å². The molecule has 0 unspecified atom stereocenters. The molecule has 0 radical (unpaired) electrons. The average Bonchev–Trinajstić information content (AvgIpc) is 3.20. The minimum atomic E-state index is -4.11.